The topological polar surface area (TPSA) is 39.4 Å². The Kier molecular flexibility index (Phi) is 4.22. The zero-order valence-electron chi connectivity index (χ0n) is 13.5. The maximum atomic E-state index is 13.7. The smallest absolute Gasteiger partial charge is 0.339 e. The van der Waals surface area contributed by atoms with Crippen molar-refractivity contribution in [2.24, 2.45) is 0 Å². The minimum Gasteiger partial charge on any atom is -0.487 e. The second-order valence-electron chi connectivity index (χ2n) is 6.21. The molecule has 0 spiro atoms. The summed E-state index contributed by atoms with van der Waals surface area (Å²) in [4.78, 5) is 12.2. The number of benzene rings is 2. The van der Waals surface area contributed by atoms with Crippen LogP contribution in [0, 0.1) is 5.82 Å². The first-order chi connectivity index (χ1) is 12.1. The maximum absolute atomic E-state index is 13.7. The summed E-state index contributed by atoms with van der Waals surface area (Å²) in [6.45, 7) is 0.0487. The Hall–Kier alpha value is -2.33. The number of rotatable bonds is 3. The Morgan fingerprint density at radius 2 is 1.88 bits per heavy atom. The molecule has 0 atom stereocenters. The van der Waals surface area contributed by atoms with Gasteiger partial charge in [0.1, 0.15) is 23.8 Å². The van der Waals surface area contributed by atoms with Crippen molar-refractivity contribution < 1.29 is 13.5 Å². The number of ether oxygens (including phenoxy) is 1. The summed E-state index contributed by atoms with van der Waals surface area (Å²) in [5.41, 5.74) is 2.39. The molecule has 5 heteroatoms. The molecule has 0 unspecified atom stereocenters. The molecule has 0 fully saturated rings. The van der Waals surface area contributed by atoms with Crippen molar-refractivity contribution in [3.8, 4) is 5.75 Å². The van der Waals surface area contributed by atoms with Gasteiger partial charge in [-0.3, -0.25) is 0 Å². The first-order valence-corrected chi connectivity index (χ1v) is 8.65. The molecule has 2 aromatic carbocycles. The second-order valence-corrected chi connectivity index (χ2v) is 6.62. The van der Waals surface area contributed by atoms with E-state index in [4.69, 9.17) is 20.8 Å². The lowest BCUT2D eigenvalue weighted by Crippen LogP contribution is -2.15. The lowest BCUT2D eigenvalue weighted by Gasteiger charge is -2.17. The molecule has 4 rings (SSSR count). The molecule has 0 radical (unpaired) electrons. The molecule has 1 aliphatic rings. The van der Waals surface area contributed by atoms with E-state index in [1.807, 2.05) is 0 Å². The van der Waals surface area contributed by atoms with Gasteiger partial charge in [-0.25, -0.2) is 9.18 Å². The van der Waals surface area contributed by atoms with Gasteiger partial charge < -0.3 is 9.15 Å². The van der Waals surface area contributed by atoms with Crippen LogP contribution < -0.4 is 10.4 Å². The van der Waals surface area contributed by atoms with Gasteiger partial charge in [0.2, 0.25) is 0 Å². The molecule has 3 nitrogen and oxygen atoms in total. The average Bonchev–Trinajstić information content (AvgIpc) is 2.62. The predicted octanol–water partition coefficient (Wildman–Crippen LogP) is 5.04. The fourth-order valence-corrected chi connectivity index (χ4v) is 3.54. The third-order valence-corrected chi connectivity index (χ3v) is 4.91. The number of fused-ring (bicyclic) bond motifs is 3. The molecule has 0 bridgehead atoms. The summed E-state index contributed by atoms with van der Waals surface area (Å²) in [7, 11) is 0. The van der Waals surface area contributed by atoms with Crippen LogP contribution in [0.5, 0.6) is 5.75 Å². The van der Waals surface area contributed by atoms with Crippen molar-refractivity contribution in [3.05, 3.63) is 74.3 Å². The van der Waals surface area contributed by atoms with E-state index in [0.717, 1.165) is 42.2 Å². The number of halogens is 2. The minimum absolute atomic E-state index is 0.0487. The zero-order valence-corrected chi connectivity index (χ0v) is 14.2. The fraction of sp³-hybridized carbons (Fsp3) is 0.250. The molecule has 0 amide bonds. The van der Waals surface area contributed by atoms with Crippen LogP contribution in [0.4, 0.5) is 4.39 Å². The third kappa shape index (κ3) is 3.02. The van der Waals surface area contributed by atoms with E-state index in [0.29, 0.717) is 21.9 Å². The summed E-state index contributed by atoms with van der Waals surface area (Å²) in [6, 6.07) is 9.80. The first-order valence-electron chi connectivity index (χ1n) is 8.28. The van der Waals surface area contributed by atoms with Crippen LogP contribution in [0.25, 0.3) is 11.0 Å². The van der Waals surface area contributed by atoms with Gasteiger partial charge in [-0.1, -0.05) is 29.8 Å². The first kappa shape index (κ1) is 16.2. The van der Waals surface area contributed by atoms with Gasteiger partial charge in [-0.2, -0.15) is 0 Å². The molecule has 0 N–H and O–H groups in total. The monoisotopic (exact) mass is 358 g/mol. The molecule has 128 valence electrons. The van der Waals surface area contributed by atoms with E-state index >= 15 is 0 Å². The lowest BCUT2D eigenvalue weighted by atomic mass is 9.91. The van der Waals surface area contributed by atoms with Crippen LogP contribution >= 0.6 is 11.6 Å². The number of hydrogen-bond donors (Lipinski definition) is 0. The minimum atomic E-state index is -0.333. The van der Waals surface area contributed by atoms with Gasteiger partial charge in [-0.05, 0) is 43.4 Å². The highest BCUT2D eigenvalue weighted by Crippen LogP contribution is 2.34. The Bertz CT molecular complexity index is 1010. The van der Waals surface area contributed by atoms with Gasteiger partial charge in [0.05, 0.1) is 5.02 Å². The molecule has 0 saturated heterocycles. The van der Waals surface area contributed by atoms with Gasteiger partial charge in [-0.15, -0.1) is 0 Å². The Balaban J connectivity index is 1.72. The fourth-order valence-electron chi connectivity index (χ4n) is 3.33. The van der Waals surface area contributed by atoms with Crippen molar-refractivity contribution in [1.29, 1.82) is 0 Å². The predicted molar refractivity (Wildman–Crippen MR) is 94.9 cm³/mol. The highest BCUT2D eigenvalue weighted by Gasteiger charge is 2.19. The Morgan fingerprint density at radius 3 is 2.68 bits per heavy atom. The summed E-state index contributed by atoms with van der Waals surface area (Å²) in [6.07, 6.45) is 3.65. The third-order valence-electron chi connectivity index (χ3n) is 4.62. The largest absolute Gasteiger partial charge is 0.487 e. The van der Waals surface area contributed by atoms with E-state index in [-0.39, 0.29) is 18.0 Å². The van der Waals surface area contributed by atoms with Crippen molar-refractivity contribution in [2.75, 3.05) is 0 Å². The van der Waals surface area contributed by atoms with Gasteiger partial charge >= 0.3 is 5.63 Å². The summed E-state index contributed by atoms with van der Waals surface area (Å²) in [5, 5.41) is 1.28. The molecule has 1 aliphatic carbocycles. The normalized spacial score (nSPS) is 13.7. The standard InChI is InChI=1S/C20H16ClFO3/c21-16-9-15-13-6-2-3-7-14(13)20(23)25-18(15)10-19(16)24-11-12-5-1-4-8-17(12)22/h1,4-5,8-10H,2-3,6-7,11H2. The van der Waals surface area contributed by atoms with E-state index in [2.05, 4.69) is 0 Å². The molecule has 0 saturated carbocycles. The van der Waals surface area contributed by atoms with Gasteiger partial charge in [0.15, 0.2) is 0 Å². The molecule has 0 aliphatic heterocycles. The Labute approximate surface area is 149 Å². The van der Waals surface area contributed by atoms with Crippen LogP contribution in [0.2, 0.25) is 5.02 Å². The van der Waals surface area contributed by atoms with Crippen molar-refractivity contribution in [2.45, 2.75) is 32.3 Å². The summed E-state index contributed by atoms with van der Waals surface area (Å²) >= 11 is 6.35. The molecular formula is C20H16ClFO3. The average molecular weight is 359 g/mol. The van der Waals surface area contributed by atoms with E-state index in [9.17, 15) is 9.18 Å². The highest BCUT2D eigenvalue weighted by molar-refractivity contribution is 6.32. The van der Waals surface area contributed by atoms with Crippen LogP contribution in [0.1, 0.15) is 29.5 Å². The van der Waals surface area contributed by atoms with Crippen molar-refractivity contribution in [1.82, 2.24) is 0 Å². The molecule has 1 heterocycles. The van der Waals surface area contributed by atoms with E-state index < -0.39 is 0 Å². The zero-order chi connectivity index (χ0) is 17.4. The summed E-state index contributed by atoms with van der Waals surface area (Å²) in [5.74, 6) is 0.0383. The van der Waals surface area contributed by atoms with Crippen LogP contribution in [-0.4, -0.2) is 0 Å². The quantitative estimate of drug-likeness (QED) is 0.615. The van der Waals surface area contributed by atoms with Crippen molar-refractivity contribution >= 4 is 22.6 Å². The van der Waals surface area contributed by atoms with E-state index in [1.54, 1.807) is 30.3 Å². The summed E-state index contributed by atoms with van der Waals surface area (Å²) < 4.78 is 24.8. The maximum Gasteiger partial charge on any atom is 0.339 e. The molecule has 1 aromatic heterocycles. The van der Waals surface area contributed by atoms with E-state index in [1.165, 1.54) is 6.07 Å². The van der Waals surface area contributed by atoms with Crippen LogP contribution in [0.15, 0.2) is 45.6 Å². The van der Waals surface area contributed by atoms with Crippen LogP contribution in [-0.2, 0) is 19.4 Å². The number of hydrogen-bond acceptors (Lipinski definition) is 3. The molecule has 3 aromatic rings. The second kappa shape index (κ2) is 6.52. The van der Waals surface area contributed by atoms with Gasteiger partial charge in [0.25, 0.3) is 0 Å². The SMILES string of the molecule is O=c1oc2cc(OCc3ccccc3F)c(Cl)cc2c2c1CCCC2. The van der Waals surface area contributed by atoms with Crippen LogP contribution in [0.3, 0.4) is 0 Å². The molecular weight excluding hydrogens is 343 g/mol. The number of aryl methyl sites for hydroxylation is 1. The Morgan fingerprint density at radius 1 is 1.12 bits per heavy atom. The van der Waals surface area contributed by atoms with Gasteiger partial charge in [0, 0.05) is 22.6 Å². The lowest BCUT2D eigenvalue weighted by molar-refractivity contribution is 0.300. The molecule has 25 heavy (non-hydrogen) atoms. The highest BCUT2D eigenvalue weighted by atomic mass is 35.5. The van der Waals surface area contributed by atoms with Crippen molar-refractivity contribution in [3.63, 3.8) is 0 Å².